The zero-order valence-electron chi connectivity index (χ0n) is 6.41. The summed E-state index contributed by atoms with van der Waals surface area (Å²) in [6, 6.07) is 3.80. The first-order chi connectivity index (χ1) is 5.29. The van der Waals surface area contributed by atoms with Crippen molar-refractivity contribution in [2.45, 2.75) is 19.3 Å². The Bertz CT molecular complexity index is 261. The van der Waals surface area contributed by atoms with Gasteiger partial charge in [0.15, 0.2) is 0 Å². The Morgan fingerprint density at radius 3 is 3.00 bits per heavy atom. The van der Waals surface area contributed by atoms with Gasteiger partial charge < -0.3 is 4.42 Å². The summed E-state index contributed by atoms with van der Waals surface area (Å²) in [5.74, 6) is 1.86. The van der Waals surface area contributed by atoms with E-state index in [1.807, 2.05) is 12.1 Å². The van der Waals surface area contributed by atoms with Crippen LogP contribution in [0.15, 0.2) is 22.8 Å². The minimum Gasteiger partial charge on any atom is -0.469 e. The first-order valence-electron chi connectivity index (χ1n) is 3.83. The van der Waals surface area contributed by atoms with Gasteiger partial charge in [0.05, 0.1) is 6.26 Å². The van der Waals surface area contributed by atoms with E-state index in [1.165, 1.54) is 0 Å². The quantitative estimate of drug-likeness (QED) is 0.645. The summed E-state index contributed by atoms with van der Waals surface area (Å²) in [5.41, 5.74) is 0. The Labute approximate surface area is 65.2 Å². The fourth-order valence-corrected chi connectivity index (χ4v) is 1.46. The predicted molar refractivity (Wildman–Crippen MR) is 40.2 cm³/mol. The second-order valence-corrected chi connectivity index (χ2v) is 3.07. The van der Waals surface area contributed by atoms with Crippen LogP contribution in [0.25, 0.3) is 0 Å². The molecule has 0 bridgehead atoms. The van der Waals surface area contributed by atoms with Crippen LogP contribution in [0.3, 0.4) is 0 Å². The molecule has 1 aliphatic carbocycles. The molecular formula is C9H10O2. The average molecular weight is 150 g/mol. The zero-order chi connectivity index (χ0) is 7.84. The van der Waals surface area contributed by atoms with Crippen LogP contribution in [0, 0.1) is 5.92 Å². The van der Waals surface area contributed by atoms with Crippen molar-refractivity contribution < 1.29 is 9.21 Å². The normalized spacial score (nSPS) is 28.5. The highest BCUT2D eigenvalue weighted by molar-refractivity contribution is 5.82. The van der Waals surface area contributed by atoms with Gasteiger partial charge in [-0.1, -0.05) is 0 Å². The molecule has 1 aromatic heterocycles. The van der Waals surface area contributed by atoms with Crippen LogP contribution in [0.4, 0.5) is 0 Å². The molecule has 58 valence electrons. The van der Waals surface area contributed by atoms with Gasteiger partial charge in [-0.15, -0.1) is 0 Å². The number of ketones is 1. The van der Waals surface area contributed by atoms with Crippen molar-refractivity contribution in [3.05, 3.63) is 24.2 Å². The summed E-state index contributed by atoms with van der Waals surface area (Å²) in [6.07, 6.45) is 2.63. The highest BCUT2D eigenvalue weighted by atomic mass is 16.3. The van der Waals surface area contributed by atoms with E-state index in [0.717, 1.165) is 12.2 Å². The molecule has 0 spiro atoms. The molecule has 2 atom stereocenters. The maximum absolute atomic E-state index is 10.9. The van der Waals surface area contributed by atoms with Crippen molar-refractivity contribution in [3.63, 3.8) is 0 Å². The van der Waals surface area contributed by atoms with Gasteiger partial charge >= 0.3 is 0 Å². The molecule has 0 N–H and O–H groups in total. The third kappa shape index (κ3) is 1.09. The lowest BCUT2D eigenvalue weighted by atomic mass is 10.2. The lowest BCUT2D eigenvalue weighted by Gasteiger charge is -1.89. The van der Waals surface area contributed by atoms with Crippen LogP contribution >= 0.6 is 0 Å². The first kappa shape index (κ1) is 6.65. The number of furan rings is 1. The average Bonchev–Trinajstić information content (AvgIpc) is 2.60. The molecule has 2 rings (SSSR count). The highest BCUT2D eigenvalue weighted by Gasteiger charge is 2.43. The van der Waals surface area contributed by atoms with Gasteiger partial charge in [0.2, 0.25) is 0 Å². The Kier molecular flexibility index (Phi) is 1.34. The highest BCUT2D eigenvalue weighted by Crippen LogP contribution is 2.47. The molecular weight excluding hydrogens is 140 g/mol. The molecule has 2 heteroatoms. The van der Waals surface area contributed by atoms with Crippen molar-refractivity contribution in [3.8, 4) is 0 Å². The van der Waals surface area contributed by atoms with Crippen molar-refractivity contribution >= 4 is 5.78 Å². The number of carbonyl (C=O) groups excluding carboxylic acids is 1. The van der Waals surface area contributed by atoms with Crippen LogP contribution in [-0.2, 0) is 4.79 Å². The molecule has 1 aromatic rings. The molecule has 1 aliphatic rings. The summed E-state index contributed by atoms with van der Waals surface area (Å²) in [6.45, 7) is 1.65. The number of rotatable bonds is 2. The second kappa shape index (κ2) is 2.22. The molecule has 0 radical (unpaired) electrons. The lowest BCUT2D eigenvalue weighted by molar-refractivity contribution is -0.118. The molecule has 1 saturated carbocycles. The second-order valence-electron chi connectivity index (χ2n) is 3.07. The summed E-state index contributed by atoms with van der Waals surface area (Å²) >= 11 is 0. The molecule has 0 saturated heterocycles. The number of carbonyl (C=O) groups is 1. The van der Waals surface area contributed by atoms with Crippen LogP contribution in [0.2, 0.25) is 0 Å². The minimum atomic E-state index is 0.237. The fraction of sp³-hybridized carbons (Fsp3) is 0.444. The van der Waals surface area contributed by atoms with E-state index < -0.39 is 0 Å². The largest absolute Gasteiger partial charge is 0.469 e. The number of Topliss-reactive ketones (excluding diaryl/α,β-unsaturated/α-hetero) is 1. The Morgan fingerprint density at radius 1 is 1.73 bits per heavy atom. The summed E-state index contributed by atoms with van der Waals surface area (Å²) < 4.78 is 5.19. The fourth-order valence-electron chi connectivity index (χ4n) is 1.46. The van der Waals surface area contributed by atoms with Crippen molar-refractivity contribution in [2.24, 2.45) is 5.92 Å². The molecule has 0 unspecified atom stereocenters. The van der Waals surface area contributed by atoms with Crippen molar-refractivity contribution in [2.75, 3.05) is 0 Å². The SMILES string of the molecule is CC(=O)[C@@H]1C[C@@H]1c1ccco1. The van der Waals surface area contributed by atoms with E-state index in [2.05, 4.69) is 0 Å². The predicted octanol–water partition coefficient (Wildman–Crippen LogP) is 1.97. The molecule has 0 aromatic carbocycles. The van der Waals surface area contributed by atoms with Gasteiger partial charge in [0.1, 0.15) is 11.5 Å². The van der Waals surface area contributed by atoms with E-state index >= 15 is 0 Å². The minimum absolute atomic E-state index is 0.237. The van der Waals surface area contributed by atoms with Crippen LogP contribution in [0.5, 0.6) is 0 Å². The molecule has 1 heterocycles. The summed E-state index contributed by atoms with van der Waals surface area (Å²) in [7, 11) is 0. The maximum Gasteiger partial charge on any atom is 0.133 e. The van der Waals surface area contributed by atoms with Crippen LogP contribution < -0.4 is 0 Å². The van der Waals surface area contributed by atoms with Gasteiger partial charge in [-0.2, -0.15) is 0 Å². The van der Waals surface area contributed by atoms with E-state index in [4.69, 9.17) is 4.42 Å². The lowest BCUT2D eigenvalue weighted by Crippen LogP contribution is -1.93. The molecule has 0 amide bonds. The molecule has 11 heavy (non-hydrogen) atoms. The third-order valence-corrected chi connectivity index (χ3v) is 2.22. The van der Waals surface area contributed by atoms with Crippen LogP contribution in [-0.4, -0.2) is 5.78 Å². The third-order valence-electron chi connectivity index (χ3n) is 2.22. The van der Waals surface area contributed by atoms with Gasteiger partial charge in [-0.05, 0) is 25.5 Å². The molecule has 1 fully saturated rings. The molecule has 0 aliphatic heterocycles. The van der Waals surface area contributed by atoms with Crippen LogP contribution in [0.1, 0.15) is 25.0 Å². The Balaban J connectivity index is 2.08. The van der Waals surface area contributed by atoms with Crippen molar-refractivity contribution in [1.82, 2.24) is 0 Å². The van der Waals surface area contributed by atoms with Gasteiger partial charge in [-0.3, -0.25) is 4.79 Å². The first-order valence-corrected chi connectivity index (χ1v) is 3.83. The van der Waals surface area contributed by atoms with E-state index in [9.17, 15) is 4.79 Å². The van der Waals surface area contributed by atoms with Crippen molar-refractivity contribution in [1.29, 1.82) is 0 Å². The van der Waals surface area contributed by atoms with Gasteiger partial charge in [0, 0.05) is 11.8 Å². The number of hydrogen-bond donors (Lipinski definition) is 0. The summed E-state index contributed by atoms with van der Waals surface area (Å²) in [5, 5.41) is 0. The van der Waals surface area contributed by atoms with E-state index in [1.54, 1.807) is 13.2 Å². The number of hydrogen-bond acceptors (Lipinski definition) is 2. The smallest absolute Gasteiger partial charge is 0.133 e. The zero-order valence-corrected chi connectivity index (χ0v) is 6.41. The Morgan fingerprint density at radius 2 is 2.55 bits per heavy atom. The standard InChI is InChI=1S/C9H10O2/c1-6(10)7-5-8(7)9-3-2-4-11-9/h2-4,7-8H,5H2,1H3/t7-,8-/m0/s1. The van der Waals surface area contributed by atoms with Gasteiger partial charge in [0.25, 0.3) is 0 Å². The topological polar surface area (TPSA) is 30.2 Å². The Hall–Kier alpha value is -1.05. The maximum atomic E-state index is 10.9. The van der Waals surface area contributed by atoms with E-state index in [-0.39, 0.29) is 11.7 Å². The summed E-state index contributed by atoms with van der Waals surface area (Å²) in [4.78, 5) is 10.9. The van der Waals surface area contributed by atoms with E-state index in [0.29, 0.717) is 5.92 Å². The molecule has 2 nitrogen and oxygen atoms in total. The monoisotopic (exact) mass is 150 g/mol. The van der Waals surface area contributed by atoms with Gasteiger partial charge in [-0.25, -0.2) is 0 Å².